The van der Waals surface area contributed by atoms with Gasteiger partial charge >= 0.3 is 0 Å². The SMILES string of the molecule is OCC1OC(c2ccccc2)OC2C(Cc3cncc(I)c3)OC(c3ccccc3)OC12. The molecule has 32 heavy (non-hydrogen) atoms. The van der Waals surface area contributed by atoms with Gasteiger partial charge in [0.05, 0.1) is 12.7 Å². The van der Waals surface area contributed by atoms with Crippen LogP contribution in [0.2, 0.25) is 0 Å². The van der Waals surface area contributed by atoms with Crippen molar-refractivity contribution in [1.82, 2.24) is 4.98 Å². The number of ether oxygens (including phenoxy) is 4. The molecule has 2 aliphatic rings. The number of aliphatic hydroxyl groups excluding tert-OH is 1. The van der Waals surface area contributed by atoms with E-state index in [-0.39, 0.29) is 12.7 Å². The molecule has 2 saturated heterocycles. The number of hydrogen-bond donors (Lipinski definition) is 1. The Hall–Kier alpha value is -1.88. The van der Waals surface area contributed by atoms with Gasteiger partial charge in [0.1, 0.15) is 18.3 Å². The third-order valence-electron chi connectivity index (χ3n) is 5.74. The molecule has 0 amide bonds. The van der Waals surface area contributed by atoms with Crippen LogP contribution in [0, 0.1) is 3.57 Å². The normalized spacial score (nSPS) is 29.9. The van der Waals surface area contributed by atoms with E-state index in [0.29, 0.717) is 6.42 Å². The van der Waals surface area contributed by atoms with Crippen molar-refractivity contribution in [3.8, 4) is 0 Å². The highest BCUT2D eigenvalue weighted by atomic mass is 127. The molecule has 6 unspecified atom stereocenters. The van der Waals surface area contributed by atoms with E-state index in [1.807, 2.05) is 73.1 Å². The van der Waals surface area contributed by atoms with Gasteiger partial charge in [-0.3, -0.25) is 4.98 Å². The second-order valence-corrected chi connectivity index (χ2v) is 9.18. The number of aromatic nitrogens is 1. The minimum atomic E-state index is -0.605. The summed E-state index contributed by atoms with van der Waals surface area (Å²) in [6.45, 7) is -0.174. The Morgan fingerprint density at radius 1 is 0.750 bits per heavy atom. The number of halogens is 1. The first-order valence-electron chi connectivity index (χ1n) is 10.6. The summed E-state index contributed by atoms with van der Waals surface area (Å²) in [6, 6.07) is 21.6. The molecule has 0 aliphatic carbocycles. The zero-order chi connectivity index (χ0) is 21.9. The fourth-order valence-electron chi connectivity index (χ4n) is 4.22. The quantitative estimate of drug-likeness (QED) is 0.486. The summed E-state index contributed by atoms with van der Waals surface area (Å²) in [5.74, 6) is 0. The summed E-state index contributed by atoms with van der Waals surface area (Å²) < 4.78 is 26.3. The Morgan fingerprint density at radius 3 is 1.88 bits per heavy atom. The predicted octanol–water partition coefficient (Wildman–Crippen LogP) is 4.19. The van der Waals surface area contributed by atoms with Crippen molar-refractivity contribution in [2.75, 3.05) is 6.61 Å². The molecule has 6 nitrogen and oxygen atoms in total. The zero-order valence-electron chi connectivity index (χ0n) is 17.3. The zero-order valence-corrected chi connectivity index (χ0v) is 19.4. The molecule has 0 bridgehead atoms. The number of pyridine rings is 1. The molecule has 1 aromatic heterocycles. The van der Waals surface area contributed by atoms with E-state index in [4.69, 9.17) is 18.9 Å². The van der Waals surface area contributed by atoms with Gasteiger partial charge in [-0.05, 0) is 34.2 Å². The minimum Gasteiger partial charge on any atom is -0.394 e. The molecule has 2 aliphatic heterocycles. The summed E-state index contributed by atoms with van der Waals surface area (Å²) >= 11 is 2.26. The standard InChI is InChI=1S/C25H24INO5/c26-19-11-16(13-27-14-19)12-20-22-23(32-24(29-20)17-7-3-1-4-8-17)21(15-28)30-25(31-22)18-9-5-2-6-10-18/h1-11,13-14,20-25,28H,12,15H2. The summed E-state index contributed by atoms with van der Waals surface area (Å²) in [4.78, 5) is 4.32. The van der Waals surface area contributed by atoms with Gasteiger partial charge in [0.2, 0.25) is 0 Å². The molecule has 1 N–H and O–H groups in total. The second kappa shape index (κ2) is 9.94. The third kappa shape index (κ3) is 4.73. The smallest absolute Gasteiger partial charge is 0.184 e. The van der Waals surface area contributed by atoms with Gasteiger partial charge in [-0.15, -0.1) is 0 Å². The largest absolute Gasteiger partial charge is 0.394 e. The number of aliphatic hydroxyl groups is 1. The van der Waals surface area contributed by atoms with Crippen molar-refractivity contribution in [2.24, 2.45) is 0 Å². The van der Waals surface area contributed by atoms with Crippen molar-refractivity contribution < 1.29 is 24.1 Å². The highest BCUT2D eigenvalue weighted by molar-refractivity contribution is 14.1. The molecule has 3 aromatic rings. The molecule has 166 valence electrons. The van der Waals surface area contributed by atoms with Crippen LogP contribution >= 0.6 is 22.6 Å². The number of hydrogen-bond acceptors (Lipinski definition) is 6. The van der Waals surface area contributed by atoms with Gasteiger partial charge in [-0.2, -0.15) is 0 Å². The Labute approximate surface area is 200 Å². The van der Waals surface area contributed by atoms with E-state index in [1.165, 1.54) is 0 Å². The number of benzene rings is 2. The number of rotatable bonds is 5. The molecule has 7 heteroatoms. The fourth-order valence-corrected chi connectivity index (χ4v) is 4.78. The lowest BCUT2D eigenvalue weighted by atomic mass is 9.94. The molecule has 0 spiro atoms. The van der Waals surface area contributed by atoms with Crippen LogP contribution in [0.4, 0.5) is 0 Å². The molecular weight excluding hydrogens is 521 g/mol. The van der Waals surface area contributed by atoms with Crippen molar-refractivity contribution in [1.29, 1.82) is 0 Å². The van der Waals surface area contributed by atoms with Gasteiger partial charge in [0.25, 0.3) is 0 Å². The summed E-state index contributed by atoms with van der Waals surface area (Å²) in [5.41, 5.74) is 2.86. The van der Waals surface area contributed by atoms with Gasteiger partial charge < -0.3 is 24.1 Å². The Balaban J connectivity index is 1.47. The van der Waals surface area contributed by atoms with Gasteiger partial charge in [-0.25, -0.2) is 0 Å². The lowest BCUT2D eigenvalue weighted by molar-refractivity contribution is -0.384. The molecular formula is C25H24INO5. The molecule has 3 heterocycles. The maximum atomic E-state index is 10.2. The van der Waals surface area contributed by atoms with E-state index in [1.54, 1.807) is 0 Å². The van der Waals surface area contributed by atoms with Crippen molar-refractivity contribution in [3.63, 3.8) is 0 Å². The Morgan fingerprint density at radius 2 is 1.31 bits per heavy atom. The van der Waals surface area contributed by atoms with Crippen LogP contribution in [0.3, 0.4) is 0 Å². The summed E-state index contributed by atoms with van der Waals surface area (Å²) in [7, 11) is 0. The van der Waals surface area contributed by atoms with Crippen LogP contribution in [-0.4, -0.2) is 41.1 Å². The van der Waals surface area contributed by atoms with E-state index in [2.05, 4.69) is 33.6 Å². The number of nitrogens with zero attached hydrogens (tertiary/aromatic N) is 1. The van der Waals surface area contributed by atoms with E-state index in [9.17, 15) is 5.11 Å². The third-order valence-corrected chi connectivity index (χ3v) is 6.33. The topological polar surface area (TPSA) is 70.0 Å². The first-order chi connectivity index (χ1) is 15.7. The van der Waals surface area contributed by atoms with Crippen LogP contribution in [0.1, 0.15) is 29.3 Å². The minimum absolute atomic E-state index is 0.174. The second-order valence-electron chi connectivity index (χ2n) is 7.93. The summed E-state index contributed by atoms with van der Waals surface area (Å²) in [5, 5.41) is 10.2. The molecule has 0 radical (unpaired) electrons. The van der Waals surface area contributed by atoms with Gasteiger partial charge in [0.15, 0.2) is 12.6 Å². The molecule has 6 atom stereocenters. The molecule has 0 saturated carbocycles. The van der Waals surface area contributed by atoms with Crippen molar-refractivity contribution in [2.45, 2.75) is 43.4 Å². The van der Waals surface area contributed by atoms with Crippen molar-refractivity contribution >= 4 is 22.6 Å². The van der Waals surface area contributed by atoms with Crippen LogP contribution in [0.15, 0.2) is 79.1 Å². The first kappa shape index (κ1) is 21.9. The lowest BCUT2D eigenvalue weighted by Gasteiger charge is -2.49. The highest BCUT2D eigenvalue weighted by Crippen LogP contribution is 2.41. The Bertz CT molecular complexity index is 1020. The van der Waals surface area contributed by atoms with Gasteiger partial charge in [-0.1, -0.05) is 60.7 Å². The molecule has 5 rings (SSSR count). The van der Waals surface area contributed by atoms with Crippen LogP contribution in [0.5, 0.6) is 0 Å². The highest BCUT2D eigenvalue weighted by Gasteiger charge is 2.50. The number of fused-ring (bicyclic) bond motifs is 1. The monoisotopic (exact) mass is 545 g/mol. The van der Waals surface area contributed by atoms with Crippen LogP contribution in [-0.2, 0) is 25.4 Å². The first-order valence-corrected chi connectivity index (χ1v) is 11.7. The molecule has 2 fully saturated rings. The van der Waals surface area contributed by atoms with E-state index in [0.717, 1.165) is 20.3 Å². The maximum Gasteiger partial charge on any atom is 0.184 e. The van der Waals surface area contributed by atoms with E-state index >= 15 is 0 Å². The lowest BCUT2D eigenvalue weighted by Crippen LogP contribution is -2.59. The van der Waals surface area contributed by atoms with Crippen LogP contribution in [0.25, 0.3) is 0 Å². The molecule has 2 aromatic carbocycles. The average Bonchev–Trinajstić information content (AvgIpc) is 2.84. The predicted molar refractivity (Wildman–Crippen MR) is 126 cm³/mol. The summed E-state index contributed by atoms with van der Waals surface area (Å²) in [6.07, 6.45) is 1.38. The van der Waals surface area contributed by atoms with Crippen LogP contribution < -0.4 is 0 Å². The van der Waals surface area contributed by atoms with Crippen molar-refractivity contribution in [3.05, 3.63) is 99.4 Å². The van der Waals surface area contributed by atoms with E-state index < -0.39 is 30.9 Å². The average molecular weight is 545 g/mol. The Kier molecular flexibility index (Phi) is 6.82. The van der Waals surface area contributed by atoms with Gasteiger partial charge in [0, 0.05) is 33.5 Å². The maximum absolute atomic E-state index is 10.2. The fraction of sp³-hybridized carbons (Fsp3) is 0.320.